The molecular formula is C13H14FN3O4. The first kappa shape index (κ1) is 14.8. The van der Waals surface area contributed by atoms with E-state index in [1.165, 1.54) is 24.3 Å². The van der Waals surface area contributed by atoms with Gasteiger partial charge in [-0.15, -0.1) is 0 Å². The largest absolute Gasteiger partial charge is 0.484 e. The topological polar surface area (TPSA) is 96.5 Å². The van der Waals surface area contributed by atoms with Crippen LogP contribution in [0.4, 0.5) is 9.18 Å². The van der Waals surface area contributed by atoms with Gasteiger partial charge in [-0.25, -0.2) is 9.18 Å². The molecule has 2 rings (SSSR count). The molecule has 1 aromatic carbocycles. The fourth-order valence-electron chi connectivity index (χ4n) is 1.77. The van der Waals surface area contributed by atoms with Crippen LogP contribution in [0.2, 0.25) is 0 Å². The SMILES string of the molecule is O=C(COc1cccc(F)c1)NCCC1NC(=O)NC1=O. The van der Waals surface area contributed by atoms with Crippen molar-refractivity contribution in [1.29, 1.82) is 0 Å². The Bertz CT molecular complexity index is 564. The van der Waals surface area contributed by atoms with Crippen molar-refractivity contribution in [2.45, 2.75) is 12.5 Å². The van der Waals surface area contributed by atoms with Gasteiger partial charge in [-0.3, -0.25) is 14.9 Å². The number of amides is 4. The predicted molar refractivity (Wildman–Crippen MR) is 70.0 cm³/mol. The molecule has 4 amide bonds. The van der Waals surface area contributed by atoms with E-state index in [0.29, 0.717) is 0 Å². The molecule has 0 aliphatic carbocycles. The average Bonchev–Trinajstić information content (AvgIpc) is 2.75. The number of ether oxygens (including phenoxy) is 1. The molecule has 0 aromatic heterocycles. The van der Waals surface area contributed by atoms with Crippen LogP contribution in [0.25, 0.3) is 0 Å². The minimum absolute atomic E-state index is 0.212. The smallest absolute Gasteiger partial charge is 0.322 e. The summed E-state index contributed by atoms with van der Waals surface area (Å²) >= 11 is 0. The summed E-state index contributed by atoms with van der Waals surface area (Å²) in [7, 11) is 0. The lowest BCUT2D eigenvalue weighted by Crippen LogP contribution is -2.36. The number of benzene rings is 1. The number of imide groups is 1. The van der Waals surface area contributed by atoms with Crippen molar-refractivity contribution in [2.75, 3.05) is 13.2 Å². The summed E-state index contributed by atoms with van der Waals surface area (Å²) in [6, 6.07) is 4.28. The molecule has 1 aliphatic heterocycles. The second kappa shape index (κ2) is 6.69. The first-order valence-corrected chi connectivity index (χ1v) is 6.31. The average molecular weight is 295 g/mol. The van der Waals surface area contributed by atoms with E-state index >= 15 is 0 Å². The van der Waals surface area contributed by atoms with Crippen molar-refractivity contribution in [3.05, 3.63) is 30.1 Å². The van der Waals surface area contributed by atoms with Crippen LogP contribution in [-0.4, -0.2) is 37.0 Å². The molecule has 3 N–H and O–H groups in total. The summed E-state index contributed by atoms with van der Waals surface area (Å²) in [4.78, 5) is 33.6. The summed E-state index contributed by atoms with van der Waals surface area (Å²) in [6.07, 6.45) is 0.281. The monoisotopic (exact) mass is 295 g/mol. The Kier molecular flexibility index (Phi) is 4.70. The first-order chi connectivity index (χ1) is 10.0. The molecule has 1 saturated heterocycles. The second-order valence-electron chi connectivity index (χ2n) is 4.40. The third-order valence-electron chi connectivity index (χ3n) is 2.78. The molecule has 112 valence electrons. The quantitative estimate of drug-likeness (QED) is 0.639. The van der Waals surface area contributed by atoms with Crippen LogP contribution in [0, 0.1) is 5.82 Å². The van der Waals surface area contributed by atoms with Gasteiger partial charge in [0.15, 0.2) is 6.61 Å². The van der Waals surface area contributed by atoms with Gasteiger partial charge < -0.3 is 15.4 Å². The third-order valence-corrected chi connectivity index (χ3v) is 2.78. The third kappa shape index (κ3) is 4.44. The molecule has 0 saturated carbocycles. The van der Waals surface area contributed by atoms with Crippen molar-refractivity contribution in [2.24, 2.45) is 0 Å². The molecule has 8 heteroatoms. The van der Waals surface area contributed by atoms with E-state index in [-0.39, 0.29) is 25.3 Å². The number of carbonyl (C=O) groups is 3. The number of hydrogen-bond donors (Lipinski definition) is 3. The van der Waals surface area contributed by atoms with Crippen LogP contribution >= 0.6 is 0 Å². The molecule has 1 fully saturated rings. The standard InChI is InChI=1S/C13H14FN3O4/c14-8-2-1-3-9(6-8)21-7-11(18)15-5-4-10-12(19)17-13(20)16-10/h1-3,6,10H,4-5,7H2,(H,15,18)(H2,16,17,19,20). The van der Waals surface area contributed by atoms with Crippen molar-refractivity contribution in [3.63, 3.8) is 0 Å². The van der Waals surface area contributed by atoms with Gasteiger partial charge in [0, 0.05) is 12.6 Å². The zero-order valence-electron chi connectivity index (χ0n) is 11.0. The van der Waals surface area contributed by atoms with Crippen LogP contribution in [0.15, 0.2) is 24.3 Å². The van der Waals surface area contributed by atoms with E-state index in [1.54, 1.807) is 0 Å². The molecule has 7 nitrogen and oxygen atoms in total. The summed E-state index contributed by atoms with van der Waals surface area (Å²) in [6.45, 7) is -0.0453. The fourth-order valence-corrected chi connectivity index (χ4v) is 1.77. The normalized spacial score (nSPS) is 17.1. The van der Waals surface area contributed by atoms with Crippen LogP contribution in [0.3, 0.4) is 0 Å². The lowest BCUT2D eigenvalue weighted by molar-refractivity contribution is -0.124. The van der Waals surface area contributed by atoms with Gasteiger partial charge in [-0.05, 0) is 18.6 Å². The number of rotatable bonds is 6. The minimum Gasteiger partial charge on any atom is -0.484 e. The van der Waals surface area contributed by atoms with Crippen LogP contribution in [-0.2, 0) is 9.59 Å². The molecule has 1 heterocycles. The van der Waals surface area contributed by atoms with Crippen LogP contribution in [0.5, 0.6) is 5.75 Å². The predicted octanol–water partition coefficient (Wildman–Crippen LogP) is -0.0812. The van der Waals surface area contributed by atoms with E-state index in [0.717, 1.165) is 0 Å². The highest BCUT2D eigenvalue weighted by molar-refractivity contribution is 6.04. The molecule has 1 aliphatic rings. The van der Waals surface area contributed by atoms with Crippen molar-refractivity contribution < 1.29 is 23.5 Å². The maximum Gasteiger partial charge on any atom is 0.322 e. The zero-order chi connectivity index (χ0) is 15.2. The Labute approximate surface area is 119 Å². The van der Waals surface area contributed by atoms with Gasteiger partial charge in [0.25, 0.3) is 11.8 Å². The molecule has 1 unspecified atom stereocenters. The molecule has 0 bridgehead atoms. The maximum absolute atomic E-state index is 12.9. The number of hydrogen-bond acceptors (Lipinski definition) is 4. The van der Waals surface area contributed by atoms with Gasteiger partial charge in [-0.2, -0.15) is 0 Å². The number of halogens is 1. The van der Waals surface area contributed by atoms with Gasteiger partial charge in [0.2, 0.25) is 0 Å². The highest BCUT2D eigenvalue weighted by Gasteiger charge is 2.28. The summed E-state index contributed by atoms with van der Waals surface area (Å²) in [5, 5.41) is 7.05. The molecular weight excluding hydrogens is 281 g/mol. The number of nitrogens with one attached hydrogen (secondary N) is 3. The zero-order valence-corrected chi connectivity index (χ0v) is 11.0. The molecule has 0 radical (unpaired) electrons. The Morgan fingerprint density at radius 3 is 2.86 bits per heavy atom. The number of carbonyl (C=O) groups excluding carboxylic acids is 3. The van der Waals surface area contributed by atoms with Crippen LogP contribution < -0.4 is 20.7 Å². The highest BCUT2D eigenvalue weighted by Crippen LogP contribution is 2.11. The molecule has 1 aromatic rings. The lowest BCUT2D eigenvalue weighted by atomic mass is 10.2. The van der Waals surface area contributed by atoms with Gasteiger partial charge in [0.1, 0.15) is 17.6 Å². The minimum atomic E-state index is -0.637. The van der Waals surface area contributed by atoms with Crippen molar-refractivity contribution in [3.8, 4) is 5.75 Å². The second-order valence-corrected chi connectivity index (χ2v) is 4.40. The van der Waals surface area contributed by atoms with Crippen LogP contribution in [0.1, 0.15) is 6.42 Å². The maximum atomic E-state index is 12.9. The van der Waals surface area contributed by atoms with E-state index < -0.39 is 29.7 Å². The van der Waals surface area contributed by atoms with Gasteiger partial charge in [-0.1, -0.05) is 6.07 Å². The van der Waals surface area contributed by atoms with E-state index in [4.69, 9.17) is 4.74 Å². The van der Waals surface area contributed by atoms with Gasteiger partial charge in [0.05, 0.1) is 0 Å². The van der Waals surface area contributed by atoms with Gasteiger partial charge >= 0.3 is 6.03 Å². The molecule has 21 heavy (non-hydrogen) atoms. The van der Waals surface area contributed by atoms with Crippen molar-refractivity contribution >= 4 is 17.8 Å². The summed E-state index contributed by atoms with van der Waals surface area (Å²) in [5.74, 6) is -1.00. The molecule has 1 atom stereocenters. The van der Waals surface area contributed by atoms with E-state index in [9.17, 15) is 18.8 Å². The molecule has 0 spiro atoms. The van der Waals surface area contributed by atoms with Crippen molar-refractivity contribution in [1.82, 2.24) is 16.0 Å². The Balaban J connectivity index is 1.66. The summed E-state index contributed by atoms with van der Waals surface area (Å²) in [5.41, 5.74) is 0. The van der Waals surface area contributed by atoms with E-state index in [2.05, 4.69) is 16.0 Å². The highest BCUT2D eigenvalue weighted by atomic mass is 19.1. The fraction of sp³-hybridized carbons (Fsp3) is 0.308. The lowest BCUT2D eigenvalue weighted by Gasteiger charge is -2.09. The Morgan fingerprint density at radius 2 is 2.19 bits per heavy atom. The first-order valence-electron chi connectivity index (χ1n) is 6.31. The number of urea groups is 1. The Morgan fingerprint density at radius 1 is 1.38 bits per heavy atom. The summed E-state index contributed by atoms with van der Waals surface area (Å²) < 4.78 is 18.0. The Hall–Kier alpha value is -2.64. The van der Waals surface area contributed by atoms with E-state index in [1.807, 2.05) is 0 Å².